The van der Waals surface area contributed by atoms with Crippen LogP contribution in [0.1, 0.15) is 40.6 Å². The topological polar surface area (TPSA) is 81.1 Å². The van der Waals surface area contributed by atoms with Gasteiger partial charge in [-0.1, -0.05) is 6.07 Å². The molecule has 0 spiro atoms. The predicted molar refractivity (Wildman–Crippen MR) is 107 cm³/mol. The van der Waals surface area contributed by atoms with Gasteiger partial charge in [0.2, 0.25) is 0 Å². The molecule has 0 unspecified atom stereocenters. The summed E-state index contributed by atoms with van der Waals surface area (Å²) < 4.78 is 4.96. The minimum atomic E-state index is -0.0708. The standard InChI is InChI=1S/C20H21N5O2S/c1-13-9-16(17-6-4-8-28-17)24-18(23-13)14-5-3-7-25(12-14)19(26)15-10-21-20(27-2)22-11-15/h4,6,8-11,14H,3,5,7,12H2,1-2H3/t14-/m1/s1. The van der Waals surface area contributed by atoms with Gasteiger partial charge in [-0.05, 0) is 37.3 Å². The van der Waals surface area contributed by atoms with Gasteiger partial charge in [0.1, 0.15) is 5.82 Å². The molecule has 0 N–H and O–H groups in total. The third-order valence-electron chi connectivity index (χ3n) is 4.78. The number of carbonyl (C=O) groups excluding carboxylic acids is 1. The summed E-state index contributed by atoms with van der Waals surface area (Å²) in [5, 5.41) is 2.05. The predicted octanol–water partition coefficient (Wildman–Crippen LogP) is 3.33. The van der Waals surface area contributed by atoms with Gasteiger partial charge in [0, 0.05) is 37.1 Å². The molecule has 7 nitrogen and oxygen atoms in total. The highest BCUT2D eigenvalue weighted by molar-refractivity contribution is 7.13. The first-order chi connectivity index (χ1) is 13.6. The lowest BCUT2D eigenvalue weighted by molar-refractivity contribution is 0.0703. The highest BCUT2D eigenvalue weighted by Crippen LogP contribution is 2.29. The number of aryl methyl sites for hydroxylation is 1. The van der Waals surface area contributed by atoms with Crippen LogP contribution in [-0.2, 0) is 0 Å². The molecule has 1 amide bonds. The first kappa shape index (κ1) is 18.5. The molecule has 28 heavy (non-hydrogen) atoms. The molecule has 1 atom stereocenters. The summed E-state index contributed by atoms with van der Waals surface area (Å²) in [4.78, 5) is 33.4. The average Bonchev–Trinajstić information content (AvgIpc) is 3.28. The molecule has 4 rings (SSSR count). The van der Waals surface area contributed by atoms with Gasteiger partial charge >= 0.3 is 6.01 Å². The summed E-state index contributed by atoms with van der Waals surface area (Å²) in [5.74, 6) is 0.862. The Morgan fingerprint density at radius 2 is 2.11 bits per heavy atom. The van der Waals surface area contributed by atoms with Crippen LogP contribution in [-0.4, -0.2) is 50.9 Å². The van der Waals surface area contributed by atoms with E-state index in [2.05, 4.69) is 21.0 Å². The lowest BCUT2D eigenvalue weighted by Gasteiger charge is -2.32. The minimum Gasteiger partial charge on any atom is -0.467 e. The molecule has 1 saturated heterocycles. The van der Waals surface area contributed by atoms with Crippen molar-refractivity contribution in [3.8, 4) is 16.6 Å². The molecule has 0 aromatic carbocycles. The highest BCUT2D eigenvalue weighted by atomic mass is 32.1. The number of amides is 1. The molecular formula is C20H21N5O2S. The number of carbonyl (C=O) groups is 1. The summed E-state index contributed by atoms with van der Waals surface area (Å²) >= 11 is 1.67. The number of piperidine rings is 1. The molecule has 0 aliphatic carbocycles. The summed E-state index contributed by atoms with van der Waals surface area (Å²) in [6.07, 6.45) is 4.90. The van der Waals surface area contributed by atoms with Crippen LogP contribution in [0, 0.1) is 6.92 Å². The molecule has 1 aliphatic rings. The van der Waals surface area contributed by atoms with E-state index in [-0.39, 0.29) is 17.8 Å². The molecule has 1 fully saturated rings. The van der Waals surface area contributed by atoms with E-state index in [9.17, 15) is 4.79 Å². The van der Waals surface area contributed by atoms with Crippen LogP contribution in [0.5, 0.6) is 6.01 Å². The third-order valence-corrected chi connectivity index (χ3v) is 5.67. The molecule has 0 radical (unpaired) electrons. The van der Waals surface area contributed by atoms with Gasteiger partial charge in [-0.15, -0.1) is 11.3 Å². The maximum atomic E-state index is 12.9. The summed E-state index contributed by atoms with van der Waals surface area (Å²) in [7, 11) is 1.50. The molecule has 3 aromatic rings. The van der Waals surface area contributed by atoms with Gasteiger partial charge in [0.05, 0.1) is 23.2 Å². The van der Waals surface area contributed by atoms with E-state index in [1.54, 1.807) is 11.3 Å². The first-order valence-corrected chi connectivity index (χ1v) is 10.1. The zero-order valence-corrected chi connectivity index (χ0v) is 16.6. The number of rotatable bonds is 4. The largest absolute Gasteiger partial charge is 0.467 e. The maximum absolute atomic E-state index is 12.9. The Morgan fingerprint density at radius 3 is 2.82 bits per heavy atom. The molecule has 3 aromatic heterocycles. The van der Waals surface area contributed by atoms with Crippen molar-refractivity contribution < 1.29 is 9.53 Å². The zero-order chi connectivity index (χ0) is 19.5. The minimum absolute atomic E-state index is 0.0708. The molecule has 1 aliphatic heterocycles. The van der Waals surface area contributed by atoms with Crippen LogP contribution in [0.25, 0.3) is 10.6 Å². The molecule has 144 valence electrons. The Morgan fingerprint density at radius 1 is 1.29 bits per heavy atom. The summed E-state index contributed by atoms with van der Waals surface area (Å²) in [6, 6.07) is 6.35. The quantitative estimate of drug-likeness (QED) is 0.674. The number of ether oxygens (including phenoxy) is 1. The van der Waals surface area contributed by atoms with E-state index < -0.39 is 0 Å². The van der Waals surface area contributed by atoms with Crippen LogP contribution in [0.4, 0.5) is 0 Å². The number of thiophene rings is 1. The van der Waals surface area contributed by atoms with E-state index in [1.165, 1.54) is 19.5 Å². The van der Waals surface area contributed by atoms with E-state index in [1.807, 2.05) is 29.3 Å². The first-order valence-electron chi connectivity index (χ1n) is 9.19. The molecule has 0 bridgehead atoms. The van der Waals surface area contributed by atoms with E-state index in [0.29, 0.717) is 18.7 Å². The second kappa shape index (κ2) is 8.02. The summed E-state index contributed by atoms with van der Waals surface area (Å²) in [5.41, 5.74) is 2.36. The van der Waals surface area contributed by atoms with Crippen LogP contribution < -0.4 is 4.74 Å². The second-order valence-electron chi connectivity index (χ2n) is 6.78. The summed E-state index contributed by atoms with van der Waals surface area (Å²) in [6.45, 7) is 3.30. The van der Waals surface area contributed by atoms with Crippen LogP contribution in [0.15, 0.2) is 36.0 Å². The van der Waals surface area contributed by atoms with Gasteiger partial charge in [-0.2, -0.15) is 0 Å². The Kier molecular flexibility index (Phi) is 5.29. The van der Waals surface area contributed by atoms with E-state index in [0.717, 1.165) is 34.9 Å². The van der Waals surface area contributed by atoms with Gasteiger partial charge in [-0.25, -0.2) is 19.9 Å². The maximum Gasteiger partial charge on any atom is 0.316 e. The fraction of sp³-hybridized carbons (Fsp3) is 0.350. The van der Waals surface area contributed by atoms with Crippen molar-refractivity contribution in [1.82, 2.24) is 24.8 Å². The Bertz CT molecular complexity index is 959. The Labute approximate surface area is 167 Å². The van der Waals surface area contributed by atoms with Crippen LogP contribution in [0.2, 0.25) is 0 Å². The number of hydrogen-bond donors (Lipinski definition) is 0. The van der Waals surface area contributed by atoms with Gasteiger partial charge < -0.3 is 9.64 Å². The number of nitrogens with zero attached hydrogens (tertiary/aromatic N) is 5. The van der Waals surface area contributed by atoms with E-state index in [4.69, 9.17) is 9.72 Å². The monoisotopic (exact) mass is 395 g/mol. The van der Waals surface area contributed by atoms with Crippen molar-refractivity contribution in [2.24, 2.45) is 0 Å². The highest BCUT2D eigenvalue weighted by Gasteiger charge is 2.28. The van der Waals surface area contributed by atoms with Gasteiger partial charge in [-0.3, -0.25) is 4.79 Å². The van der Waals surface area contributed by atoms with E-state index >= 15 is 0 Å². The Hall–Kier alpha value is -2.87. The van der Waals surface area contributed by atoms with Gasteiger partial charge in [0.25, 0.3) is 5.91 Å². The van der Waals surface area contributed by atoms with Crippen molar-refractivity contribution in [1.29, 1.82) is 0 Å². The fourth-order valence-electron chi connectivity index (χ4n) is 3.41. The van der Waals surface area contributed by atoms with Gasteiger partial charge in [0.15, 0.2) is 0 Å². The normalized spacial score (nSPS) is 16.8. The second-order valence-corrected chi connectivity index (χ2v) is 7.73. The molecule has 0 saturated carbocycles. The van der Waals surface area contributed by atoms with Crippen molar-refractivity contribution in [2.75, 3.05) is 20.2 Å². The lowest BCUT2D eigenvalue weighted by atomic mass is 9.96. The average molecular weight is 395 g/mol. The number of aromatic nitrogens is 4. The molecular weight excluding hydrogens is 374 g/mol. The van der Waals surface area contributed by atoms with Crippen LogP contribution in [0.3, 0.4) is 0 Å². The SMILES string of the molecule is COc1ncc(C(=O)N2CCC[C@@H](c3nc(C)cc(-c4cccs4)n3)C2)cn1. The third kappa shape index (κ3) is 3.87. The lowest BCUT2D eigenvalue weighted by Crippen LogP contribution is -2.39. The number of hydrogen-bond acceptors (Lipinski definition) is 7. The van der Waals surface area contributed by atoms with Crippen molar-refractivity contribution in [3.63, 3.8) is 0 Å². The number of likely N-dealkylation sites (tertiary alicyclic amines) is 1. The zero-order valence-electron chi connectivity index (χ0n) is 15.8. The fourth-order valence-corrected chi connectivity index (χ4v) is 4.10. The number of methoxy groups -OCH3 is 1. The van der Waals surface area contributed by atoms with Crippen molar-refractivity contribution in [2.45, 2.75) is 25.7 Å². The van der Waals surface area contributed by atoms with Crippen molar-refractivity contribution >= 4 is 17.2 Å². The molecule has 4 heterocycles. The molecule has 8 heteroatoms. The van der Waals surface area contributed by atoms with Crippen molar-refractivity contribution in [3.05, 3.63) is 53.1 Å². The Balaban J connectivity index is 1.54. The van der Waals surface area contributed by atoms with Crippen LogP contribution >= 0.6 is 11.3 Å². The smallest absolute Gasteiger partial charge is 0.316 e.